The van der Waals surface area contributed by atoms with E-state index in [-0.39, 0.29) is 0 Å². The van der Waals surface area contributed by atoms with Crippen molar-refractivity contribution in [3.05, 3.63) is 23.8 Å². The minimum absolute atomic E-state index is 0.476. The van der Waals surface area contributed by atoms with Gasteiger partial charge in [-0.15, -0.1) is 0 Å². The Morgan fingerprint density at radius 1 is 1.28 bits per heavy atom. The van der Waals surface area contributed by atoms with Crippen LogP contribution in [0.1, 0.15) is 44.6 Å². The summed E-state index contributed by atoms with van der Waals surface area (Å²) in [6.45, 7) is 2.30. The molecule has 0 heterocycles. The maximum absolute atomic E-state index is 8.99. The van der Waals surface area contributed by atoms with Crippen LogP contribution < -0.4 is 11.1 Å². The van der Waals surface area contributed by atoms with Crippen molar-refractivity contribution in [3.8, 4) is 6.07 Å². The molecule has 0 aliphatic heterocycles. The molecule has 1 aliphatic rings. The quantitative estimate of drug-likeness (QED) is 0.617. The van der Waals surface area contributed by atoms with E-state index in [2.05, 4.69) is 18.3 Å². The molecule has 1 saturated carbocycles. The van der Waals surface area contributed by atoms with Gasteiger partial charge in [-0.25, -0.2) is 0 Å². The van der Waals surface area contributed by atoms with Crippen LogP contribution in [0.3, 0.4) is 0 Å². The van der Waals surface area contributed by atoms with Gasteiger partial charge in [-0.2, -0.15) is 5.26 Å². The molecule has 2 rings (SSSR count). The molecule has 0 spiro atoms. The zero-order chi connectivity index (χ0) is 13.0. The van der Waals surface area contributed by atoms with E-state index in [1.54, 1.807) is 6.07 Å². The van der Waals surface area contributed by atoms with Crippen molar-refractivity contribution < 1.29 is 0 Å². The van der Waals surface area contributed by atoms with Gasteiger partial charge in [0, 0.05) is 6.04 Å². The van der Waals surface area contributed by atoms with E-state index >= 15 is 0 Å². The Labute approximate surface area is 109 Å². The maximum atomic E-state index is 8.99. The number of para-hydroxylation sites is 1. The lowest BCUT2D eigenvalue weighted by Gasteiger charge is -2.25. The van der Waals surface area contributed by atoms with Gasteiger partial charge in [0.25, 0.3) is 0 Å². The molecule has 1 aromatic carbocycles. The summed E-state index contributed by atoms with van der Waals surface area (Å²) in [5, 5.41) is 12.5. The second-order valence-electron chi connectivity index (χ2n) is 5.24. The average Bonchev–Trinajstić information content (AvgIpc) is 2.57. The van der Waals surface area contributed by atoms with E-state index < -0.39 is 0 Å². The first-order valence-corrected chi connectivity index (χ1v) is 6.77. The molecule has 3 nitrogen and oxygen atoms in total. The van der Waals surface area contributed by atoms with Crippen LogP contribution in [0.15, 0.2) is 18.2 Å². The fourth-order valence-corrected chi connectivity index (χ4v) is 2.70. The molecule has 0 saturated heterocycles. The minimum atomic E-state index is 0.476. The van der Waals surface area contributed by atoms with Gasteiger partial charge in [0.1, 0.15) is 6.07 Å². The van der Waals surface area contributed by atoms with E-state index in [1.807, 2.05) is 12.1 Å². The predicted octanol–water partition coefficient (Wildman–Crippen LogP) is 3.52. The Morgan fingerprint density at radius 2 is 2.06 bits per heavy atom. The first-order valence-electron chi connectivity index (χ1n) is 6.77. The number of nitrogen functional groups attached to an aromatic ring is 1. The number of nitrogens with two attached hydrogens (primary N) is 1. The van der Waals surface area contributed by atoms with Crippen LogP contribution in [0.5, 0.6) is 0 Å². The number of hydrogen-bond acceptors (Lipinski definition) is 3. The van der Waals surface area contributed by atoms with E-state index in [0.29, 0.717) is 23.2 Å². The third-order valence-electron chi connectivity index (χ3n) is 3.93. The highest BCUT2D eigenvalue weighted by molar-refractivity contribution is 5.73. The van der Waals surface area contributed by atoms with Crippen molar-refractivity contribution in [1.82, 2.24) is 0 Å². The number of nitriles is 1. The lowest BCUT2D eigenvalue weighted by atomic mass is 9.96. The van der Waals surface area contributed by atoms with Gasteiger partial charge >= 0.3 is 0 Å². The highest BCUT2D eigenvalue weighted by Gasteiger charge is 2.20. The van der Waals surface area contributed by atoms with Crippen molar-refractivity contribution >= 4 is 11.4 Å². The Hall–Kier alpha value is -1.69. The Kier molecular flexibility index (Phi) is 4.09. The van der Waals surface area contributed by atoms with Gasteiger partial charge in [-0.05, 0) is 30.9 Å². The Morgan fingerprint density at radius 3 is 2.83 bits per heavy atom. The van der Waals surface area contributed by atoms with Gasteiger partial charge in [0.2, 0.25) is 0 Å². The summed E-state index contributed by atoms with van der Waals surface area (Å²) in [4.78, 5) is 0. The normalized spacial score (nSPS) is 24.0. The topological polar surface area (TPSA) is 61.8 Å². The molecule has 1 aromatic rings. The van der Waals surface area contributed by atoms with E-state index in [0.717, 1.165) is 5.69 Å². The Bertz CT molecular complexity index is 448. The fraction of sp³-hybridized carbons (Fsp3) is 0.533. The molecular formula is C15H21N3. The maximum Gasteiger partial charge on any atom is 0.101 e. The van der Waals surface area contributed by atoms with E-state index in [4.69, 9.17) is 11.0 Å². The molecule has 0 bridgehead atoms. The third kappa shape index (κ3) is 2.76. The SMILES string of the molecule is CC1CCCCCC1Nc1cccc(C#N)c1N. The van der Waals surface area contributed by atoms with Gasteiger partial charge in [0.15, 0.2) is 0 Å². The number of anilines is 2. The van der Waals surface area contributed by atoms with Gasteiger partial charge < -0.3 is 11.1 Å². The van der Waals surface area contributed by atoms with Crippen LogP contribution in [0.4, 0.5) is 11.4 Å². The number of rotatable bonds is 2. The first-order chi connectivity index (χ1) is 8.72. The van der Waals surface area contributed by atoms with Gasteiger partial charge in [-0.1, -0.05) is 32.3 Å². The highest BCUT2D eigenvalue weighted by Crippen LogP contribution is 2.29. The molecule has 0 aromatic heterocycles. The molecule has 3 heteroatoms. The summed E-state index contributed by atoms with van der Waals surface area (Å²) in [6.07, 6.45) is 6.40. The largest absolute Gasteiger partial charge is 0.396 e. The predicted molar refractivity (Wildman–Crippen MR) is 75.2 cm³/mol. The van der Waals surface area contributed by atoms with Crippen molar-refractivity contribution in [2.75, 3.05) is 11.1 Å². The summed E-state index contributed by atoms with van der Waals surface area (Å²) in [5.41, 5.74) is 8.06. The minimum Gasteiger partial charge on any atom is -0.396 e. The monoisotopic (exact) mass is 243 g/mol. The molecule has 18 heavy (non-hydrogen) atoms. The standard InChI is InChI=1S/C15H21N3/c1-11-6-3-2-4-8-13(11)18-14-9-5-7-12(10-16)15(14)17/h5,7,9,11,13,18H,2-4,6,8,17H2,1H3. The zero-order valence-corrected chi connectivity index (χ0v) is 10.9. The van der Waals surface area contributed by atoms with Crippen LogP contribution in [0.2, 0.25) is 0 Å². The third-order valence-corrected chi connectivity index (χ3v) is 3.93. The second-order valence-corrected chi connectivity index (χ2v) is 5.24. The zero-order valence-electron chi connectivity index (χ0n) is 10.9. The number of nitrogens with one attached hydrogen (secondary N) is 1. The average molecular weight is 243 g/mol. The lowest BCUT2D eigenvalue weighted by molar-refractivity contribution is 0.457. The Balaban J connectivity index is 2.15. The number of hydrogen-bond donors (Lipinski definition) is 2. The summed E-state index contributed by atoms with van der Waals surface area (Å²) in [7, 11) is 0. The van der Waals surface area contributed by atoms with Gasteiger partial charge in [0.05, 0.1) is 16.9 Å². The molecular weight excluding hydrogens is 222 g/mol. The molecule has 2 unspecified atom stereocenters. The van der Waals surface area contributed by atoms with Crippen molar-refractivity contribution in [2.45, 2.75) is 45.1 Å². The molecule has 0 amide bonds. The van der Waals surface area contributed by atoms with Gasteiger partial charge in [-0.3, -0.25) is 0 Å². The molecule has 1 fully saturated rings. The van der Waals surface area contributed by atoms with Crippen LogP contribution in [0.25, 0.3) is 0 Å². The van der Waals surface area contributed by atoms with Crippen molar-refractivity contribution in [3.63, 3.8) is 0 Å². The molecule has 2 atom stereocenters. The summed E-state index contributed by atoms with van der Waals surface area (Å²) in [6, 6.07) is 8.22. The summed E-state index contributed by atoms with van der Waals surface area (Å²) < 4.78 is 0. The van der Waals surface area contributed by atoms with Crippen LogP contribution in [-0.4, -0.2) is 6.04 Å². The van der Waals surface area contributed by atoms with Crippen LogP contribution in [0, 0.1) is 17.2 Å². The first kappa shape index (κ1) is 12.8. The molecule has 0 radical (unpaired) electrons. The molecule has 1 aliphatic carbocycles. The van der Waals surface area contributed by atoms with Crippen LogP contribution in [-0.2, 0) is 0 Å². The fourth-order valence-electron chi connectivity index (χ4n) is 2.70. The van der Waals surface area contributed by atoms with E-state index in [1.165, 1.54) is 32.1 Å². The molecule has 96 valence electrons. The highest BCUT2D eigenvalue weighted by atomic mass is 14.9. The number of benzene rings is 1. The van der Waals surface area contributed by atoms with Crippen LogP contribution >= 0.6 is 0 Å². The molecule has 3 N–H and O–H groups in total. The second kappa shape index (κ2) is 5.77. The summed E-state index contributed by atoms with van der Waals surface area (Å²) in [5.74, 6) is 0.664. The van der Waals surface area contributed by atoms with Crippen molar-refractivity contribution in [1.29, 1.82) is 5.26 Å². The lowest BCUT2D eigenvalue weighted by Crippen LogP contribution is -2.26. The van der Waals surface area contributed by atoms with E-state index in [9.17, 15) is 0 Å². The number of nitrogens with zero attached hydrogens (tertiary/aromatic N) is 1. The summed E-state index contributed by atoms with van der Waals surface area (Å²) >= 11 is 0. The van der Waals surface area contributed by atoms with Crippen molar-refractivity contribution in [2.24, 2.45) is 5.92 Å². The smallest absolute Gasteiger partial charge is 0.101 e.